The molecule has 2 unspecified atom stereocenters. The van der Waals surface area contributed by atoms with Crippen molar-refractivity contribution in [2.24, 2.45) is 0 Å². The molecule has 0 aliphatic heterocycles. The molecule has 0 aromatic rings. The van der Waals surface area contributed by atoms with Crippen molar-refractivity contribution < 1.29 is 13.8 Å². The van der Waals surface area contributed by atoms with Gasteiger partial charge in [-0.15, -0.1) is 0 Å². The van der Waals surface area contributed by atoms with E-state index in [-0.39, 0.29) is 24.3 Å². The van der Waals surface area contributed by atoms with Gasteiger partial charge in [0.1, 0.15) is 14.5 Å². The molecule has 0 amide bonds. The predicted molar refractivity (Wildman–Crippen MR) is 102 cm³/mol. The first-order valence-corrected chi connectivity index (χ1v) is 10.0. The van der Waals surface area contributed by atoms with Crippen molar-refractivity contribution in [3.8, 4) is 0 Å². The summed E-state index contributed by atoms with van der Waals surface area (Å²) in [6.45, 7) is 22.2. The highest BCUT2D eigenvalue weighted by Crippen LogP contribution is 2.47. The summed E-state index contributed by atoms with van der Waals surface area (Å²) in [5.41, 5.74) is 0. The normalized spacial score (nSPS) is 15.9. The van der Waals surface area contributed by atoms with Crippen LogP contribution in [0, 0.1) is 6.57 Å². The van der Waals surface area contributed by atoms with Crippen LogP contribution in [0.15, 0.2) is 0 Å². The number of hydrogen-bond donors (Lipinski definition) is 0. The molecule has 3 atom stereocenters. The van der Waals surface area contributed by atoms with E-state index < -0.39 is 14.5 Å². The van der Waals surface area contributed by atoms with E-state index in [2.05, 4.69) is 51.1 Å². The molecule has 7 heteroatoms. The molecule has 0 saturated carbocycles. The predicted octanol–water partition coefficient (Wildman–Crippen LogP) is 4.37. The van der Waals surface area contributed by atoms with Crippen LogP contribution in [0.4, 0.5) is 0 Å². The van der Waals surface area contributed by atoms with E-state index in [1.807, 2.05) is 6.92 Å². The molecule has 0 aliphatic rings. The second-order valence-corrected chi connectivity index (χ2v) is 7.78. The first kappa shape index (κ1) is 23.8. The van der Waals surface area contributed by atoms with Crippen LogP contribution in [0.25, 0.3) is 4.85 Å². The molecule has 0 aliphatic carbocycles. The van der Waals surface area contributed by atoms with Gasteiger partial charge in [-0.2, -0.15) is 0 Å². The van der Waals surface area contributed by atoms with Gasteiger partial charge in [-0.05, 0) is 47.5 Å². The third kappa shape index (κ3) is 8.78. The zero-order valence-corrected chi connectivity index (χ0v) is 17.3. The molecule has 0 bridgehead atoms. The Hall–Kier alpha value is -0.175. The molecule has 24 heavy (non-hydrogen) atoms. The number of nitrogens with zero attached hydrogens (tertiary/aromatic N) is 2. The van der Waals surface area contributed by atoms with Gasteiger partial charge in [0, 0.05) is 18.1 Å². The number of hydrogen-bond acceptors (Lipinski definition) is 4. The lowest BCUT2D eigenvalue weighted by atomic mass is 9.95. The molecule has 0 saturated heterocycles. The minimum atomic E-state index is -1.29. The van der Waals surface area contributed by atoms with Gasteiger partial charge in [0.2, 0.25) is 6.54 Å². The lowest BCUT2D eigenvalue weighted by Crippen LogP contribution is -2.37. The second-order valence-electron chi connectivity index (χ2n) is 6.37. The average Bonchev–Trinajstić information content (AvgIpc) is 2.51. The van der Waals surface area contributed by atoms with Gasteiger partial charge < -0.3 is 18.6 Å². The third-order valence-electron chi connectivity index (χ3n) is 3.63. The lowest BCUT2D eigenvalue weighted by molar-refractivity contribution is -0.0270. The Kier molecular flexibility index (Phi) is 13.0. The number of ether oxygens (including phenoxy) is 1. The molecule has 0 fully saturated rings. The molecular formula is C17H34BN2O3P. The number of rotatable bonds is 13. The fourth-order valence-electron chi connectivity index (χ4n) is 2.31. The van der Waals surface area contributed by atoms with E-state index in [9.17, 15) is 0 Å². The largest absolute Gasteiger partial charge is 0.382 e. The van der Waals surface area contributed by atoms with Gasteiger partial charge in [0.25, 0.3) is 8.53 Å². The van der Waals surface area contributed by atoms with Gasteiger partial charge >= 0.3 is 0 Å². The molecule has 138 valence electrons. The van der Waals surface area contributed by atoms with Crippen LogP contribution in [0.1, 0.15) is 61.3 Å². The van der Waals surface area contributed by atoms with Crippen LogP contribution >= 0.6 is 8.53 Å². The minimum Gasteiger partial charge on any atom is -0.382 e. The lowest BCUT2D eigenvalue weighted by Gasteiger charge is -2.38. The van der Waals surface area contributed by atoms with Gasteiger partial charge in [-0.1, -0.05) is 13.8 Å². The van der Waals surface area contributed by atoms with Crippen molar-refractivity contribution in [2.75, 3.05) is 13.2 Å². The highest BCUT2D eigenvalue weighted by molar-refractivity contribution is 7.44. The summed E-state index contributed by atoms with van der Waals surface area (Å²) >= 11 is 0. The van der Waals surface area contributed by atoms with Crippen LogP contribution in [-0.2, 0) is 13.8 Å². The summed E-state index contributed by atoms with van der Waals surface area (Å²) in [6.07, 6.45) is 1.71. The van der Waals surface area contributed by atoms with Gasteiger partial charge in [0.05, 0.1) is 12.2 Å². The Labute approximate surface area is 151 Å². The van der Waals surface area contributed by atoms with E-state index in [1.54, 1.807) is 0 Å². The second kappa shape index (κ2) is 13.1. The molecule has 0 spiro atoms. The van der Waals surface area contributed by atoms with Gasteiger partial charge in [0.15, 0.2) is 0 Å². The maximum absolute atomic E-state index is 6.91. The van der Waals surface area contributed by atoms with Crippen molar-refractivity contribution in [3.05, 3.63) is 11.4 Å². The monoisotopic (exact) mass is 356 g/mol. The fourth-order valence-corrected chi connectivity index (χ4v) is 4.01. The summed E-state index contributed by atoms with van der Waals surface area (Å²) in [4.78, 5) is 3.34. The van der Waals surface area contributed by atoms with Crippen molar-refractivity contribution in [1.82, 2.24) is 4.67 Å². The van der Waals surface area contributed by atoms with Crippen molar-refractivity contribution in [3.63, 3.8) is 0 Å². The molecule has 0 heterocycles. The first-order chi connectivity index (χ1) is 11.3. The molecular weight excluding hydrogens is 322 g/mol. The quantitative estimate of drug-likeness (QED) is 0.212. The minimum absolute atomic E-state index is 0.145. The molecule has 5 nitrogen and oxygen atoms in total. The SMILES string of the molecule is [B]C(OC(CC)CC)[C@H](C)OP(OCC[N+]#[C-])N(C(C)C)C(C)C. The Morgan fingerprint density at radius 1 is 1.08 bits per heavy atom. The Morgan fingerprint density at radius 3 is 2.04 bits per heavy atom. The Balaban J connectivity index is 4.92. The highest BCUT2D eigenvalue weighted by atomic mass is 31.2. The molecule has 0 aromatic heterocycles. The summed E-state index contributed by atoms with van der Waals surface area (Å²) in [6, 6.07) is 0.0467. The maximum Gasteiger partial charge on any atom is 0.259 e. The van der Waals surface area contributed by atoms with E-state index in [4.69, 9.17) is 28.2 Å². The van der Waals surface area contributed by atoms with Crippen LogP contribution in [0.5, 0.6) is 0 Å². The summed E-state index contributed by atoms with van der Waals surface area (Å²) in [5, 5.41) is 0. The van der Waals surface area contributed by atoms with Gasteiger partial charge in [-0.3, -0.25) is 0 Å². The summed E-state index contributed by atoms with van der Waals surface area (Å²) in [7, 11) is 4.88. The molecule has 0 N–H and O–H groups in total. The zero-order valence-electron chi connectivity index (χ0n) is 16.4. The molecule has 0 aromatic carbocycles. The highest BCUT2D eigenvalue weighted by Gasteiger charge is 2.30. The summed E-state index contributed by atoms with van der Waals surface area (Å²) in [5.74, 6) is 0. The van der Waals surface area contributed by atoms with Crippen LogP contribution in [-0.4, -0.2) is 56.0 Å². The van der Waals surface area contributed by atoms with Crippen LogP contribution in [0.3, 0.4) is 0 Å². The van der Waals surface area contributed by atoms with E-state index in [1.165, 1.54) is 0 Å². The first-order valence-electron chi connectivity index (χ1n) is 8.90. The third-order valence-corrected chi connectivity index (χ3v) is 5.85. The van der Waals surface area contributed by atoms with Crippen molar-refractivity contribution in [1.29, 1.82) is 0 Å². The van der Waals surface area contributed by atoms with Crippen molar-refractivity contribution >= 4 is 16.4 Å². The topological polar surface area (TPSA) is 35.3 Å². The molecule has 2 radical (unpaired) electrons. The zero-order chi connectivity index (χ0) is 18.7. The van der Waals surface area contributed by atoms with E-state index >= 15 is 0 Å². The fraction of sp³-hybridized carbons (Fsp3) is 0.941. The van der Waals surface area contributed by atoms with Crippen LogP contribution in [0.2, 0.25) is 0 Å². The smallest absolute Gasteiger partial charge is 0.259 e. The maximum atomic E-state index is 6.91. The van der Waals surface area contributed by atoms with Crippen molar-refractivity contribution in [2.45, 2.75) is 91.6 Å². The van der Waals surface area contributed by atoms with E-state index in [0.29, 0.717) is 13.2 Å². The average molecular weight is 356 g/mol. The van der Waals surface area contributed by atoms with Crippen LogP contribution < -0.4 is 0 Å². The molecule has 0 rings (SSSR count). The van der Waals surface area contributed by atoms with E-state index in [0.717, 1.165) is 12.8 Å². The Bertz CT molecular complexity index is 354. The Morgan fingerprint density at radius 2 is 1.62 bits per heavy atom. The standard InChI is InChI=1S/C17H34BN2O3P/c1-9-16(10-2)22-17(18)15(7)23-24(21-12-11-19-8)20(13(3)4)14(5)6/h13-17H,9-12H2,1-7H3/t15-,17?,24?/m0/s1. The van der Waals surface area contributed by atoms with Gasteiger partial charge in [-0.25, -0.2) is 11.2 Å². The summed E-state index contributed by atoms with van der Waals surface area (Å²) < 4.78 is 20.1.